The molecule has 0 radical (unpaired) electrons. The summed E-state index contributed by atoms with van der Waals surface area (Å²) < 4.78 is 23.3. The van der Waals surface area contributed by atoms with Crippen molar-refractivity contribution in [2.45, 2.75) is 65.3 Å². The monoisotopic (exact) mass is 346 g/mol. The Kier molecular flexibility index (Phi) is 14.4. The van der Waals surface area contributed by atoms with Crippen molar-refractivity contribution in [3.8, 4) is 0 Å². The van der Waals surface area contributed by atoms with Crippen LogP contribution in [0, 0.1) is 0 Å². The lowest BCUT2D eigenvalue weighted by Gasteiger charge is -2.29. The molecule has 5 nitrogen and oxygen atoms in total. The van der Waals surface area contributed by atoms with E-state index in [-0.39, 0.29) is 6.61 Å². The maximum absolute atomic E-state index is 11.2. The number of carbonyl (C=O) groups is 1. The van der Waals surface area contributed by atoms with E-state index in [1.165, 1.54) is 0 Å². The summed E-state index contributed by atoms with van der Waals surface area (Å²) >= 11 is 0. The van der Waals surface area contributed by atoms with Gasteiger partial charge >= 0.3 is 14.8 Å². The molecule has 0 aromatic rings. The van der Waals surface area contributed by atoms with Gasteiger partial charge in [0, 0.05) is 25.9 Å². The highest BCUT2D eigenvalue weighted by molar-refractivity contribution is 6.60. The molecule has 0 fully saturated rings. The SMILES string of the molecule is C=CC(=O)OCC[Si](OCCCC)(OCCCC)OCCCC. The van der Waals surface area contributed by atoms with Gasteiger partial charge in [-0.15, -0.1) is 0 Å². The molecule has 0 spiro atoms. The molecule has 23 heavy (non-hydrogen) atoms. The third-order valence-corrected chi connectivity index (χ3v) is 6.03. The van der Waals surface area contributed by atoms with Gasteiger partial charge in [0.05, 0.1) is 12.7 Å². The molecule has 0 aliphatic rings. The number of rotatable bonds is 16. The average molecular weight is 347 g/mol. The van der Waals surface area contributed by atoms with Crippen molar-refractivity contribution in [3.05, 3.63) is 12.7 Å². The summed E-state index contributed by atoms with van der Waals surface area (Å²) in [6.07, 6.45) is 7.23. The summed E-state index contributed by atoms with van der Waals surface area (Å²) in [4.78, 5) is 11.2. The fourth-order valence-electron chi connectivity index (χ4n) is 1.79. The second-order valence-corrected chi connectivity index (χ2v) is 8.14. The van der Waals surface area contributed by atoms with Gasteiger partial charge in [0.15, 0.2) is 0 Å². The second kappa shape index (κ2) is 14.9. The zero-order chi connectivity index (χ0) is 17.4. The minimum atomic E-state index is -2.80. The molecule has 0 amide bonds. The third kappa shape index (κ3) is 11.5. The van der Waals surface area contributed by atoms with Crippen molar-refractivity contribution in [1.29, 1.82) is 0 Å². The smallest absolute Gasteiger partial charge is 0.463 e. The summed E-state index contributed by atoms with van der Waals surface area (Å²) in [6, 6.07) is 0.490. The van der Waals surface area contributed by atoms with E-state index in [1.54, 1.807) is 0 Å². The quantitative estimate of drug-likeness (QED) is 0.182. The van der Waals surface area contributed by atoms with Gasteiger partial charge < -0.3 is 18.0 Å². The Morgan fingerprint density at radius 3 is 1.65 bits per heavy atom. The van der Waals surface area contributed by atoms with Gasteiger partial charge in [0.2, 0.25) is 0 Å². The molecule has 0 rings (SSSR count). The van der Waals surface area contributed by atoms with E-state index < -0.39 is 14.8 Å². The minimum Gasteiger partial charge on any atom is -0.463 e. The summed E-state index contributed by atoms with van der Waals surface area (Å²) in [5.41, 5.74) is 0. The Bertz CT molecular complexity index is 283. The van der Waals surface area contributed by atoms with Crippen LogP contribution in [0.15, 0.2) is 12.7 Å². The van der Waals surface area contributed by atoms with Crippen LogP contribution < -0.4 is 0 Å². The lowest BCUT2D eigenvalue weighted by atomic mass is 10.4. The molecule has 0 saturated carbocycles. The molecule has 0 atom stereocenters. The maximum Gasteiger partial charge on any atom is 0.504 e. The first-order chi connectivity index (χ1) is 11.1. The van der Waals surface area contributed by atoms with Crippen LogP contribution in [0.1, 0.15) is 59.3 Å². The van der Waals surface area contributed by atoms with Crippen molar-refractivity contribution in [3.63, 3.8) is 0 Å². The number of hydrogen-bond donors (Lipinski definition) is 0. The van der Waals surface area contributed by atoms with Gasteiger partial charge in [-0.2, -0.15) is 0 Å². The highest BCUT2D eigenvalue weighted by Gasteiger charge is 2.41. The molecule has 0 aromatic heterocycles. The summed E-state index contributed by atoms with van der Waals surface area (Å²) in [6.45, 7) is 11.9. The number of esters is 1. The average Bonchev–Trinajstić information content (AvgIpc) is 2.55. The molecular formula is C17H34O5Si. The number of ether oxygens (including phenoxy) is 1. The molecule has 0 aliphatic heterocycles. The van der Waals surface area contributed by atoms with Crippen LogP contribution in [0.5, 0.6) is 0 Å². The van der Waals surface area contributed by atoms with E-state index in [1.807, 2.05) is 0 Å². The van der Waals surface area contributed by atoms with E-state index in [4.69, 9.17) is 18.0 Å². The zero-order valence-corrected chi connectivity index (χ0v) is 16.1. The Morgan fingerprint density at radius 2 is 1.30 bits per heavy atom. The van der Waals surface area contributed by atoms with Crippen LogP contribution in [-0.4, -0.2) is 41.2 Å². The van der Waals surface area contributed by atoms with E-state index in [0.29, 0.717) is 25.9 Å². The molecule has 6 heteroatoms. The van der Waals surface area contributed by atoms with Crippen molar-refractivity contribution in [2.24, 2.45) is 0 Å². The standard InChI is InChI=1S/C17H34O5Si/c1-5-9-12-20-23(21-13-10-6-2,22-14-11-7-3)16-15-19-17(18)8-4/h8H,4-7,9-16H2,1-3H3. The number of unbranched alkanes of at least 4 members (excludes halogenated alkanes) is 3. The van der Waals surface area contributed by atoms with Crippen LogP contribution >= 0.6 is 0 Å². The summed E-state index contributed by atoms with van der Waals surface area (Å²) in [5.74, 6) is -0.427. The predicted molar refractivity (Wildman–Crippen MR) is 94.3 cm³/mol. The van der Waals surface area contributed by atoms with Gasteiger partial charge in [-0.3, -0.25) is 0 Å². The van der Waals surface area contributed by atoms with Crippen LogP contribution in [0.2, 0.25) is 6.04 Å². The molecule has 0 heterocycles. The molecule has 136 valence electrons. The van der Waals surface area contributed by atoms with Gasteiger partial charge in [0.1, 0.15) is 0 Å². The molecule has 0 N–H and O–H groups in total. The van der Waals surface area contributed by atoms with E-state index in [0.717, 1.165) is 44.6 Å². The highest BCUT2D eigenvalue weighted by atomic mass is 28.4. The molecule has 0 saturated heterocycles. The normalized spacial score (nSPS) is 11.4. The minimum absolute atomic E-state index is 0.238. The Labute approximate surface area is 142 Å². The predicted octanol–water partition coefficient (Wildman–Crippen LogP) is 4.10. The van der Waals surface area contributed by atoms with Crippen LogP contribution in [-0.2, 0) is 22.8 Å². The van der Waals surface area contributed by atoms with Gasteiger partial charge in [-0.05, 0) is 19.3 Å². The largest absolute Gasteiger partial charge is 0.504 e. The Balaban J connectivity index is 4.70. The Morgan fingerprint density at radius 1 is 0.870 bits per heavy atom. The Hall–Kier alpha value is -0.693. The molecule has 0 aromatic carbocycles. The molecular weight excluding hydrogens is 312 g/mol. The summed E-state index contributed by atoms with van der Waals surface area (Å²) in [7, 11) is -2.80. The van der Waals surface area contributed by atoms with Gasteiger partial charge in [0.25, 0.3) is 0 Å². The third-order valence-electron chi connectivity index (χ3n) is 3.28. The first-order valence-corrected chi connectivity index (χ1v) is 10.8. The van der Waals surface area contributed by atoms with Crippen molar-refractivity contribution in [1.82, 2.24) is 0 Å². The van der Waals surface area contributed by atoms with Crippen LogP contribution in [0.3, 0.4) is 0 Å². The zero-order valence-electron chi connectivity index (χ0n) is 15.1. The van der Waals surface area contributed by atoms with Crippen molar-refractivity contribution in [2.75, 3.05) is 26.4 Å². The van der Waals surface area contributed by atoms with Crippen LogP contribution in [0.4, 0.5) is 0 Å². The number of carbonyl (C=O) groups excluding carboxylic acids is 1. The maximum atomic E-state index is 11.2. The van der Waals surface area contributed by atoms with E-state index >= 15 is 0 Å². The molecule has 0 unspecified atom stereocenters. The van der Waals surface area contributed by atoms with Crippen molar-refractivity contribution >= 4 is 14.8 Å². The highest BCUT2D eigenvalue weighted by Crippen LogP contribution is 2.18. The topological polar surface area (TPSA) is 54.0 Å². The molecule has 0 aliphatic carbocycles. The summed E-state index contributed by atoms with van der Waals surface area (Å²) in [5, 5.41) is 0. The van der Waals surface area contributed by atoms with E-state index in [9.17, 15) is 4.79 Å². The first kappa shape index (κ1) is 22.3. The van der Waals surface area contributed by atoms with Gasteiger partial charge in [-0.25, -0.2) is 4.79 Å². The van der Waals surface area contributed by atoms with E-state index in [2.05, 4.69) is 27.4 Å². The number of hydrogen-bond acceptors (Lipinski definition) is 5. The fraction of sp³-hybridized carbons (Fsp3) is 0.824. The second-order valence-electron chi connectivity index (χ2n) is 5.41. The van der Waals surface area contributed by atoms with Crippen LogP contribution in [0.25, 0.3) is 0 Å². The van der Waals surface area contributed by atoms with Gasteiger partial charge in [-0.1, -0.05) is 46.6 Å². The lowest BCUT2D eigenvalue weighted by molar-refractivity contribution is -0.137. The lowest BCUT2D eigenvalue weighted by Crippen LogP contribution is -2.47. The first-order valence-electron chi connectivity index (χ1n) is 8.85. The fourth-order valence-corrected chi connectivity index (χ4v) is 4.19. The molecule has 0 bridgehead atoms. The van der Waals surface area contributed by atoms with Crippen molar-refractivity contribution < 1.29 is 22.8 Å².